The van der Waals surface area contributed by atoms with Gasteiger partial charge in [0.2, 0.25) is 0 Å². The molecule has 2 saturated heterocycles. The van der Waals surface area contributed by atoms with Gasteiger partial charge >= 0.3 is 224 Å². The second kappa shape index (κ2) is 48.0. The third-order valence-electron chi connectivity index (χ3n) is 21.5. The molecule has 0 aromatic heterocycles. The van der Waals surface area contributed by atoms with E-state index >= 15 is 0 Å². The normalized spacial score (nSPS) is 15.8. The fraction of sp³-hybridized carbons (Fsp3) is 0.344. The van der Waals surface area contributed by atoms with Crippen molar-refractivity contribution < 1.29 is 56.3 Å². The van der Waals surface area contributed by atoms with Gasteiger partial charge in [0.15, 0.2) is 0 Å². The average molecular weight is 1860 g/mol. The molecule has 8 nitrogen and oxygen atoms in total. The molecule has 0 unspecified atom stereocenters. The van der Waals surface area contributed by atoms with E-state index in [9.17, 15) is 9.59 Å². The first-order chi connectivity index (χ1) is 54.5. The summed E-state index contributed by atoms with van der Waals surface area (Å²) in [5.41, 5.74) is 29.0. The Labute approximate surface area is 718 Å². The zero-order chi connectivity index (χ0) is 81.5. The number of carbonyl (C=O) groups excluding carboxylic acids is 2. The maximum atomic E-state index is 12.2. The summed E-state index contributed by atoms with van der Waals surface area (Å²) in [6, 6.07) is 61.0. The number of carbonyl (C=O) groups is 1. The van der Waals surface area contributed by atoms with Crippen LogP contribution >= 0.6 is 56.8 Å². The van der Waals surface area contributed by atoms with Gasteiger partial charge in [-0.25, -0.2) is 0 Å². The number of allylic oxidation sites excluding steroid dienone is 5. The fourth-order valence-electron chi connectivity index (χ4n) is 17.2. The number of amides is 2. The second-order valence-electron chi connectivity index (χ2n) is 30.3. The molecule has 14 rings (SSSR count). The molecule has 113 heavy (non-hydrogen) atoms. The Balaban J connectivity index is 0.000000171. The Kier molecular flexibility index (Phi) is 39.3. The number of anilines is 5. The fourth-order valence-corrected chi connectivity index (χ4v) is 25.9. The summed E-state index contributed by atoms with van der Waals surface area (Å²) in [7, 11) is 27.4. The van der Waals surface area contributed by atoms with Crippen molar-refractivity contribution in [2.24, 2.45) is 0 Å². The first-order valence-corrected chi connectivity index (χ1v) is 53.6. The van der Waals surface area contributed by atoms with Crippen molar-refractivity contribution in [2.45, 2.75) is 189 Å². The molecule has 0 atom stereocenters. The van der Waals surface area contributed by atoms with Crippen LogP contribution in [-0.4, -0.2) is 79.4 Å². The molecule has 1 N–H and O–H groups in total. The molecular formula is C96H118Cl5CuN6O2PRu2+. The van der Waals surface area contributed by atoms with Crippen molar-refractivity contribution >= 4 is 112 Å². The van der Waals surface area contributed by atoms with E-state index in [4.69, 9.17) is 38.8 Å². The Morgan fingerprint density at radius 3 is 1.19 bits per heavy atom. The standard InChI is InChI=1S/C21H27N2.C21H26N2.C18H33P.C15H13NO.C14H11NO.C7H6.5ClH.Cu.2Ru/c2*1-14-9-16(3)20(17(4)10-14)22-7-8-23(13-22)21-18(5)11-15(2)12-19(21)6;1-4-10-16(11-5-1)19(17-12-6-2-7-13-17)18-14-8-3-9-15-18;1-2-16(14-11-7-4-8-12-14)15(17)13-9-5-3-6-10-13;1-15(13-10-6-3-7-11-13)14(16)12-8-4-2-5-9-12;1-7-5-3-2-4-6-7;;;;;;;;/h9-13H,7-8H2,1-6H3;9-13H,1,7-8H2,2-6H3;16-18H,1-15H2;2-12H,1H2;1-11H;1-6H;5*1H;;;/q-1;;;;;;;;;;;+1;2*+2/p-3. The topological polar surface area (TPSA) is 57.7 Å². The van der Waals surface area contributed by atoms with Crippen LogP contribution in [-0.2, 0) is 42.1 Å². The van der Waals surface area contributed by atoms with E-state index in [0.717, 1.165) is 48.7 Å². The summed E-state index contributed by atoms with van der Waals surface area (Å²) in [5.74, 6) is 0.0404. The number of halogens is 5. The molecule has 6 aliphatic rings. The molecule has 610 valence electrons. The van der Waals surface area contributed by atoms with E-state index in [1.165, 1.54) is 112 Å². The molecule has 2 heterocycles. The molecular weight excluding hydrogens is 1740 g/mol. The third-order valence-corrected chi connectivity index (χ3v) is 29.5. The summed E-state index contributed by atoms with van der Waals surface area (Å²) >= 11 is -0.0100. The van der Waals surface area contributed by atoms with Crippen LogP contribution in [0.2, 0.25) is 0 Å². The van der Waals surface area contributed by atoms with E-state index in [1.54, 1.807) is 118 Å². The minimum absolute atomic E-state index is 0.0465. The van der Waals surface area contributed by atoms with E-state index < -0.39 is 27.0 Å². The molecule has 0 spiro atoms. The van der Waals surface area contributed by atoms with Crippen LogP contribution in [0.4, 0.5) is 28.4 Å². The number of hydrogen-bond donors (Lipinski definition) is 0. The van der Waals surface area contributed by atoms with Gasteiger partial charge in [-0.1, -0.05) is 159 Å². The van der Waals surface area contributed by atoms with Gasteiger partial charge in [0, 0.05) is 55.5 Å². The predicted octanol–water partition coefficient (Wildman–Crippen LogP) is 26.3. The summed E-state index contributed by atoms with van der Waals surface area (Å²) in [6.07, 6.45) is 29.7. The number of benzene rings is 8. The predicted molar refractivity (Wildman–Crippen MR) is 487 cm³/mol. The zero-order valence-electron chi connectivity index (χ0n) is 68.0. The maximum absolute atomic E-state index is 12.2. The monoisotopic (exact) mass is 1860 g/mol. The first-order valence-electron chi connectivity index (χ1n) is 39.6. The first kappa shape index (κ1) is 92.5. The van der Waals surface area contributed by atoms with E-state index in [-0.39, 0.29) is 19.7 Å². The van der Waals surface area contributed by atoms with Crippen LogP contribution < -0.4 is 24.5 Å². The molecule has 8 aromatic carbocycles. The van der Waals surface area contributed by atoms with E-state index in [2.05, 4.69) is 196 Å². The van der Waals surface area contributed by atoms with Crippen LogP contribution in [0.1, 0.15) is 182 Å². The average Bonchev–Trinajstić information content (AvgIpc) is 1.66. The minimum atomic E-state index is -2.05. The Bertz CT molecular complexity index is 4360. The molecule has 17 heteroatoms. The van der Waals surface area contributed by atoms with Crippen molar-refractivity contribution in [3.8, 4) is 0 Å². The molecule has 2 aliphatic heterocycles. The Hall–Kier alpha value is -6.01. The van der Waals surface area contributed by atoms with Crippen LogP contribution in [0, 0.1) is 75.7 Å². The quantitative estimate of drug-likeness (QED) is 0.0379. The number of para-hydroxylation sites is 2. The van der Waals surface area contributed by atoms with Crippen molar-refractivity contribution in [2.75, 3.05) is 50.7 Å². The zero-order valence-corrected chi connectivity index (χ0v) is 77.2. The van der Waals surface area contributed by atoms with Crippen molar-refractivity contribution in [1.29, 1.82) is 0 Å². The summed E-state index contributed by atoms with van der Waals surface area (Å²) in [6.45, 7) is 40.6. The Morgan fingerprint density at radius 1 is 0.487 bits per heavy atom. The van der Waals surface area contributed by atoms with E-state index in [1.807, 2.05) is 144 Å². The van der Waals surface area contributed by atoms with Gasteiger partial charge in [0.05, 0.1) is 29.2 Å². The molecule has 2 amide bonds. The van der Waals surface area contributed by atoms with Crippen LogP contribution in [0.15, 0.2) is 236 Å². The van der Waals surface area contributed by atoms with Gasteiger partial charge < -0.3 is 19.3 Å². The molecule has 4 aliphatic carbocycles. The van der Waals surface area contributed by atoms with E-state index in [0.29, 0.717) is 11.1 Å². The second-order valence-corrected chi connectivity index (χ2v) is 45.1. The van der Waals surface area contributed by atoms with Gasteiger partial charge in [-0.2, -0.15) is 6.67 Å². The van der Waals surface area contributed by atoms with Gasteiger partial charge in [0.25, 0.3) is 5.91 Å². The number of aryl methyl sites for hydroxylation is 9. The summed E-state index contributed by atoms with van der Waals surface area (Å²) in [4.78, 5) is 33.0. The molecule has 5 fully saturated rings. The molecule has 8 aromatic rings. The summed E-state index contributed by atoms with van der Waals surface area (Å²) < 4.78 is 5.99. The van der Waals surface area contributed by atoms with Crippen molar-refractivity contribution in [1.82, 2.24) is 0 Å². The summed E-state index contributed by atoms with van der Waals surface area (Å²) in [5, 5.41) is 0. The third kappa shape index (κ3) is 28.1. The SMILES string of the molecule is C1CCC([PH+](C2CCCCC2)C2CCCCC2)CC1.C=C1C=C(C)C(=[N+]2[CH-]N(c3c(C)cc(C)cc3C)CC2)C(C)=C1.C=CN(C(=O)c1ccccc1)c1ccccc1.Cc1cc(C)c(N2[CH-]N(c3c(C)cc(C)cc3C)CC2)c(C)c1.[Cl][Cu].[Cl][Ru]([Cl])=[CH]c1ccccc1.[OH+]=C(c1ccccc1)N([CH]=[Ru]([Cl])[Cl])c1ccccc1. The van der Waals surface area contributed by atoms with Gasteiger partial charge in [-0.3, -0.25) is 9.69 Å². The van der Waals surface area contributed by atoms with Crippen molar-refractivity contribution in [3.05, 3.63) is 316 Å². The van der Waals surface area contributed by atoms with Crippen LogP contribution in [0.5, 0.6) is 0 Å². The Morgan fingerprint density at radius 2 is 0.832 bits per heavy atom. The molecule has 0 radical (unpaired) electrons. The van der Waals surface area contributed by atoms with Gasteiger partial charge in [-0.05, 0) is 203 Å². The molecule has 0 bridgehead atoms. The van der Waals surface area contributed by atoms with Crippen molar-refractivity contribution in [3.63, 3.8) is 0 Å². The number of hydrogen-bond acceptors (Lipinski definition) is 4. The number of nitrogens with zero attached hydrogens (tertiary/aromatic N) is 6. The van der Waals surface area contributed by atoms with Crippen LogP contribution in [0.25, 0.3) is 0 Å². The number of rotatable bonds is 13. The van der Waals surface area contributed by atoms with Gasteiger partial charge in [0.1, 0.15) is 13.2 Å². The molecule has 3 saturated carbocycles. The van der Waals surface area contributed by atoms with Crippen LogP contribution in [0.3, 0.4) is 0 Å². The van der Waals surface area contributed by atoms with Gasteiger partial charge in [-0.15, -0.1) is 0 Å².